The number of anilines is 1. The maximum absolute atomic E-state index is 17.7. The number of alkyl halides is 2. The highest BCUT2D eigenvalue weighted by Crippen LogP contribution is 2.72. The first-order valence-electron chi connectivity index (χ1n) is 23.5. The Morgan fingerprint density at radius 3 is 2.19 bits per heavy atom. The van der Waals surface area contributed by atoms with E-state index >= 15 is 8.78 Å². The van der Waals surface area contributed by atoms with Crippen LogP contribution in [0.2, 0.25) is 0 Å². The second kappa shape index (κ2) is 22.8. The number of hydrogen-bond acceptors (Lipinski definition) is 15. The number of aliphatic hydroxyl groups excluding tert-OH is 2. The fraction of sp³-hybridized carbons (Fsp3) is 0.529. The molecule has 1 unspecified atom stereocenters. The molecule has 4 aliphatic carbocycles. The molecule has 4 fully saturated rings. The highest BCUT2D eigenvalue weighted by atomic mass is 32.2. The largest absolute Gasteiger partial charge is 0.481 e. The minimum Gasteiger partial charge on any atom is -0.481 e. The predicted molar refractivity (Wildman–Crippen MR) is 256 cm³/mol. The van der Waals surface area contributed by atoms with Crippen molar-refractivity contribution in [1.29, 1.82) is 0 Å². The fourth-order valence-corrected chi connectivity index (χ4v) is 12.5. The second-order valence-electron chi connectivity index (χ2n) is 19.3. The van der Waals surface area contributed by atoms with Crippen LogP contribution in [0, 0.1) is 28.6 Å². The molecule has 0 radical (unpaired) electrons. The predicted octanol–water partition coefficient (Wildman–Crippen LogP) is 5.04. The van der Waals surface area contributed by atoms with Gasteiger partial charge in [0, 0.05) is 69.5 Å². The van der Waals surface area contributed by atoms with Crippen molar-refractivity contribution in [2.24, 2.45) is 28.6 Å². The van der Waals surface area contributed by atoms with Gasteiger partial charge in [-0.05, 0) is 106 Å². The van der Waals surface area contributed by atoms with Crippen LogP contribution in [0.15, 0.2) is 82.1 Å². The van der Waals surface area contributed by atoms with E-state index in [9.17, 15) is 48.9 Å². The van der Waals surface area contributed by atoms with Crippen LogP contribution >= 0.6 is 23.5 Å². The number of carbonyl (C=O) groups is 7. The molecule has 72 heavy (non-hydrogen) atoms. The Kier molecular flexibility index (Phi) is 17.7. The lowest BCUT2D eigenvalue weighted by Crippen LogP contribution is -2.70. The number of hydrogen-bond donors (Lipinski definition) is 6. The molecule has 7 rings (SSSR count). The van der Waals surface area contributed by atoms with E-state index in [1.807, 2.05) is 12.1 Å². The summed E-state index contributed by atoms with van der Waals surface area (Å²) in [7, 11) is 0. The van der Waals surface area contributed by atoms with Crippen molar-refractivity contribution >= 4 is 76.4 Å². The van der Waals surface area contributed by atoms with Crippen LogP contribution in [0.5, 0.6) is 0 Å². The molecule has 5 aliphatic rings. The van der Waals surface area contributed by atoms with E-state index in [4.69, 9.17) is 19.1 Å². The summed E-state index contributed by atoms with van der Waals surface area (Å²) >= 11 is 2.76. The first-order chi connectivity index (χ1) is 34.0. The van der Waals surface area contributed by atoms with Crippen LogP contribution < -0.4 is 16.0 Å². The van der Waals surface area contributed by atoms with E-state index in [0.717, 1.165) is 15.9 Å². The van der Waals surface area contributed by atoms with Gasteiger partial charge >= 0.3 is 12.1 Å². The number of carboxylic acid groups (broad SMARTS) is 1. The van der Waals surface area contributed by atoms with E-state index < -0.39 is 112 Å². The number of amides is 3. The Balaban J connectivity index is 0.00000275. The molecule has 6 N–H and O–H groups in total. The average Bonchev–Trinajstić information content (AvgIpc) is 3.85. The zero-order valence-corrected chi connectivity index (χ0v) is 41.9. The number of ether oxygens (including phenoxy) is 2. The number of ketones is 3. The number of thioether (sulfide) groups is 1. The van der Waals surface area contributed by atoms with Crippen molar-refractivity contribution in [3.63, 3.8) is 0 Å². The van der Waals surface area contributed by atoms with Crippen LogP contribution in [0.4, 0.5) is 14.5 Å². The van der Waals surface area contributed by atoms with Crippen LogP contribution in [0.25, 0.3) is 0 Å². The summed E-state index contributed by atoms with van der Waals surface area (Å²) in [5, 5.41) is 39.0. The van der Waals surface area contributed by atoms with Crippen molar-refractivity contribution in [2.45, 2.75) is 130 Å². The van der Waals surface area contributed by atoms with Gasteiger partial charge in [-0.1, -0.05) is 43.8 Å². The maximum atomic E-state index is 17.7. The van der Waals surface area contributed by atoms with Gasteiger partial charge in [0.05, 0.1) is 23.5 Å². The van der Waals surface area contributed by atoms with Gasteiger partial charge in [-0.3, -0.25) is 33.6 Å². The van der Waals surface area contributed by atoms with E-state index in [2.05, 4.69) is 16.0 Å². The molecule has 0 aromatic heterocycles. The standard InChI is InChI=1S/C50H59F2N3O12S2.CO2/c1-26(20-38(58)37(14-15-43(62)63)55-42(61)17-19-53-45(65)27(2)68-5)44(64)54-29-8-12-32(13-9-29)69-31-10-6-28(7-11-31)46-66-41-23-33-34-22-36(51)35-21-30(57)16-18-47(35,3)49(34,52)39(59)24-48(33,4)50(41,67-46)40(60)25-56;2-1-3/h6-13,16,18,21,26-27,33-34,36-37,39,41,46,56,59H,14-15,17,19-20,22-25H2,1-5H3,(H,53,65)(H,54,64)(H,55,61)(H,62,63);/t26-,27?,33+,34+,36+,37+,39+,41-,46-,47+,48+,49+,50-;/m1./s1. The van der Waals surface area contributed by atoms with Crippen molar-refractivity contribution < 1.29 is 76.7 Å². The summed E-state index contributed by atoms with van der Waals surface area (Å²) in [4.78, 5) is 106. The van der Waals surface area contributed by atoms with Crippen molar-refractivity contribution in [3.8, 4) is 0 Å². The zero-order chi connectivity index (χ0) is 52.9. The normalized spacial score (nSPS) is 31.0. The molecule has 0 bridgehead atoms. The topological polar surface area (TPSA) is 269 Å². The summed E-state index contributed by atoms with van der Waals surface area (Å²) in [5.74, 6) is -6.57. The lowest BCUT2D eigenvalue weighted by molar-refractivity contribution is -0.235. The molecular formula is C51H59F2N3O14S2. The van der Waals surface area contributed by atoms with E-state index in [-0.39, 0.29) is 74.4 Å². The number of aliphatic hydroxyl groups is 2. The maximum Gasteiger partial charge on any atom is 0.373 e. The summed E-state index contributed by atoms with van der Waals surface area (Å²) in [6.07, 6.45) is -0.934. The van der Waals surface area contributed by atoms with E-state index in [1.54, 1.807) is 63.4 Å². The molecule has 1 saturated heterocycles. The van der Waals surface area contributed by atoms with Gasteiger partial charge in [-0.25, -0.2) is 8.78 Å². The van der Waals surface area contributed by atoms with Gasteiger partial charge in [-0.2, -0.15) is 21.4 Å². The number of fused-ring (bicyclic) bond motifs is 7. The molecule has 17 nitrogen and oxygen atoms in total. The smallest absolute Gasteiger partial charge is 0.373 e. The SMILES string of the molecule is CSC(C)C(=O)NCCC(=O)N[C@@H](CCC(=O)O)C(=O)C[C@@H](C)C(=O)Nc1ccc(Sc2ccc([C@@H]3O[C@@H]4C[C@H]5[C@@H]6C[C@H](F)C7=CC(=O)C=C[C@]7(C)[C@@]6(F)[C@@H](O)C[C@]5(C)[C@]4(C(=O)CO)O3)cc2)cc1.O=C=O. The van der Waals surface area contributed by atoms with Crippen LogP contribution in [0.3, 0.4) is 0 Å². The number of nitrogens with one attached hydrogen (secondary N) is 3. The highest BCUT2D eigenvalue weighted by molar-refractivity contribution is 8.00. The number of Topliss-reactive ketones (excluding diaryl/α,β-unsaturated/α-hetero) is 2. The average molecular weight is 1040 g/mol. The van der Waals surface area contributed by atoms with Crippen molar-refractivity contribution in [3.05, 3.63) is 77.9 Å². The highest BCUT2D eigenvalue weighted by Gasteiger charge is 2.80. The molecule has 2 aromatic rings. The molecule has 1 heterocycles. The molecule has 1 aliphatic heterocycles. The monoisotopic (exact) mass is 1040 g/mol. The number of carboxylic acids is 1. The van der Waals surface area contributed by atoms with Gasteiger partial charge in [0.15, 0.2) is 34.9 Å². The van der Waals surface area contributed by atoms with Crippen LogP contribution in [-0.4, -0.2) is 123 Å². The summed E-state index contributed by atoms with van der Waals surface area (Å²) in [6.45, 7) is 5.66. The zero-order valence-electron chi connectivity index (χ0n) is 40.3. The molecular weight excluding hydrogens is 981 g/mol. The number of halogens is 2. The fourth-order valence-electron chi connectivity index (χ4n) is 11.4. The number of benzene rings is 2. The van der Waals surface area contributed by atoms with Gasteiger partial charge in [-0.15, -0.1) is 0 Å². The lowest BCUT2D eigenvalue weighted by Gasteiger charge is -2.63. The molecule has 2 aromatic carbocycles. The van der Waals surface area contributed by atoms with E-state index in [0.29, 0.717) is 11.3 Å². The molecule has 388 valence electrons. The summed E-state index contributed by atoms with van der Waals surface area (Å²) < 4.78 is 46.8. The van der Waals surface area contributed by atoms with Gasteiger partial charge in [0.1, 0.15) is 12.8 Å². The number of rotatable bonds is 19. The Morgan fingerprint density at radius 1 is 0.944 bits per heavy atom. The van der Waals surface area contributed by atoms with Crippen LogP contribution in [-0.2, 0) is 52.6 Å². The Morgan fingerprint density at radius 2 is 1.58 bits per heavy atom. The third-order valence-electron chi connectivity index (χ3n) is 15.1. The van der Waals surface area contributed by atoms with Gasteiger partial charge in [0.2, 0.25) is 17.7 Å². The van der Waals surface area contributed by atoms with Crippen molar-refractivity contribution in [1.82, 2.24) is 10.6 Å². The first kappa shape index (κ1) is 55.9. The van der Waals surface area contributed by atoms with E-state index in [1.165, 1.54) is 42.6 Å². The number of carbonyl (C=O) groups excluding carboxylic acids is 8. The third kappa shape index (κ3) is 10.8. The molecule has 3 amide bonds. The minimum atomic E-state index is -2.36. The third-order valence-corrected chi connectivity index (χ3v) is 17.1. The minimum absolute atomic E-state index is 0.00497. The Hall–Kier alpha value is -5.41. The molecule has 3 saturated carbocycles. The van der Waals surface area contributed by atoms with Gasteiger partial charge in [0.25, 0.3) is 0 Å². The molecule has 13 atom stereocenters. The van der Waals surface area contributed by atoms with Crippen molar-refractivity contribution in [2.75, 3.05) is 24.7 Å². The second-order valence-corrected chi connectivity index (χ2v) is 21.6. The molecule has 0 spiro atoms. The summed E-state index contributed by atoms with van der Waals surface area (Å²) in [5.41, 5.74) is -5.96. The van der Waals surface area contributed by atoms with Crippen LogP contribution in [0.1, 0.15) is 84.5 Å². The molecule has 21 heteroatoms. The lowest BCUT2D eigenvalue weighted by atomic mass is 9.44. The first-order valence-corrected chi connectivity index (χ1v) is 25.6. The summed E-state index contributed by atoms with van der Waals surface area (Å²) in [6, 6.07) is 13.1. The Bertz CT molecular complexity index is 2520. The van der Waals surface area contributed by atoms with Gasteiger partial charge < -0.3 is 40.7 Å². The quantitative estimate of drug-likeness (QED) is 0.108. The number of aliphatic carboxylic acids is 1. The Labute approximate surface area is 423 Å². The number of allylic oxidation sites excluding steroid dienone is 4.